The molecule has 0 spiro atoms. The van der Waals surface area contributed by atoms with Gasteiger partial charge in [-0.25, -0.2) is 9.59 Å². The van der Waals surface area contributed by atoms with Crippen molar-refractivity contribution in [1.29, 1.82) is 0 Å². The second-order valence-electron chi connectivity index (χ2n) is 4.89. The van der Waals surface area contributed by atoms with Gasteiger partial charge in [0.15, 0.2) is 0 Å². The first-order valence-corrected chi connectivity index (χ1v) is 7.45. The van der Waals surface area contributed by atoms with Gasteiger partial charge in [-0.2, -0.15) is 0 Å². The zero-order chi connectivity index (χ0) is 15.3. The van der Waals surface area contributed by atoms with Gasteiger partial charge in [0.25, 0.3) is 0 Å². The Morgan fingerprint density at radius 1 is 1.05 bits per heavy atom. The summed E-state index contributed by atoms with van der Waals surface area (Å²) in [5.74, 6) is -1.07. The number of methoxy groups -OCH3 is 1. The van der Waals surface area contributed by atoms with Crippen LogP contribution in [0.1, 0.15) is 25.7 Å². The minimum absolute atomic E-state index is 0.391. The molecular formula is C15H25NO5. The number of hydrogen-bond acceptors (Lipinski definition) is 6. The lowest BCUT2D eigenvalue weighted by molar-refractivity contribution is -0.139. The van der Waals surface area contributed by atoms with E-state index in [4.69, 9.17) is 9.47 Å². The summed E-state index contributed by atoms with van der Waals surface area (Å²) < 4.78 is 14.6. The van der Waals surface area contributed by atoms with Gasteiger partial charge in [-0.3, -0.25) is 4.90 Å². The molecule has 0 bridgehead atoms. The van der Waals surface area contributed by atoms with Crippen molar-refractivity contribution in [2.75, 3.05) is 46.6 Å². The van der Waals surface area contributed by atoms with Crippen molar-refractivity contribution < 1.29 is 23.8 Å². The molecule has 6 heteroatoms. The van der Waals surface area contributed by atoms with Crippen molar-refractivity contribution in [3.63, 3.8) is 0 Å². The van der Waals surface area contributed by atoms with Crippen molar-refractivity contribution in [2.45, 2.75) is 25.7 Å². The van der Waals surface area contributed by atoms with Gasteiger partial charge < -0.3 is 14.2 Å². The molecule has 6 nitrogen and oxygen atoms in total. The fourth-order valence-corrected chi connectivity index (χ4v) is 2.04. The molecule has 120 valence electrons. The Morgan fingerprint density at radius 3 is 2.43 bits per heavy atom. The van der Waals surface area contributed by atoms with Crippen LogP contribution in [0.4, 0.5) is 0 Å². The Kier molecular flexibility index (Phi) is 9.48. The van der Waals surface area contributed by atoms with E-state index in [0.29, 0.717) is 6.61 Å². The Morgan fingerprint density at radius 2 is 1.71 bits per heavy atom. The SMILES string of the molecule is COC(=O)C=CC(=O)OCCCCCCN1CCOCC1. The summed E-state index contributed by atoms with van der Waals surface area (Å²) >= 11 is 0. The summed E-state index contributed by atoms with van der Waals surface area (Å²) in [6.45, 7) is 5.26. The molecule has 0 N–H and O–H groups in total. The Hall–Kier alpha value is -1.40. The van der Waals surface area contributed by atoms with Gasteiger partial charge in [0.1, 0.15) is 0 Å². The number of rotatable bonds is 9. The van der Waals surface area contributed by atoms with Crippen LogP contribution in [-0.4, -0.2) is 63.4 Å². The number of hydrogen-bond donors (Lipinski definition) is 0. The van der Waals surface area contributed by atoms with Gasteiger partial charge in [-0.05, 0) is 19.4 Å². The van der Waals surface area contributed by atoms with Crippen molar-refractivity contribution in [3.05, 3.63) is 12.2 Å². The highest BCUT2D eigenvalue weighted by molar-refractivity contribution is 5.91. The third-order valence-electron chi connectivity index (χ3n) is 3.27. The van der Waals surface area contributed by atoms with Gasteiger partial charge in [0, 0.05) is 25.2 Å². The van der Waals surface area contributed by atoms with Crippen LogP contribution in [0.5, 0.6) is 0 Å². The molecule has 0 saturated carbocycles. The first-order valence-electron chi connectivity index (χ1n) is 7.45. The number of ether oxygens (including phenoxy) is 3. The number of unbranched alkanes of at least 4 members (excludes halogenated alkanes) is 3. The second kappa shape index (κ2) is 11.3. The highest BCUT2D eigenvalue weighted by Gasteiger charge is 2.08. The third-order valence-corrected chi connectivity index (χ3v) is 3.27. The molecule has 1 aliphatic rings. The minimum atomic E-state index is -0.560. The molecular weight excluding hydrogens is 274 g/mol. The van der Waals surface area contributed by atoms with Crippen LogP contribution in [0, 0.1) is 0 Å². The van der Waals surface area contributed by atoms with Crippen molar-refractivity contribution >= 4 is 11.9 Å². The molecule has 1 heterocycles. The summed E-state index contributed by atoms with van der Waals surface area (Å²) in [7, 11) is 1.26. The van der Waals surface area contributed by atoms with Crippen LogP contribution in [0.15, 0.2) is 12.2 Å². The topological polar surface area (TPSA) is 65.1 Å². The van der Waals surface area contributed by atoms with E-state index in [-0.39, 0.29) is 0 Å². The second-order valence-corrected chi connectivity index (χ2v) is 4.89. The van der Waals surface area contributed by atoms with E-state index in [1.54, 1.807) is 0 Å². The standard InChI is InChI=1S/C15H25NO5/c1-19-14(17)6-7-15(18)21-11-5-3-2-4-8-16-9-12-20-13-10-16/h6-7H,2-5,8-13H2,1H3. The van der Waals surface area contributed by atoms with Crippen molar-refractivity contribution in [3.8, 4) is 0 Å². The molecule has 0 atom stereocenters. The first-order chi connectivity index (χ1) is 10.2. The molecule has 0 amide bonds. The summed E-state index contributed by atoms with van der Waals surface area (Å²) in [6.07, 6.45) is 6.33. The molecule has 1 fully saturated rings. The fraction of sp³-hybridized carbons (Fsp3) is 0.733. The van der Waals surface area contributed by atoms with Crippen LogP contribution in [0.2, 0.25) is 0 Å². The molecule has 0 aromatic heterocycles. The maximum absolute atomic E-state index is 11.2. The first kappa shape index (κ1) is 17.7. The van der Waals surface area contributed by atoms with E-state index in [1.165, 1.54) is 7.11 Å². The molecule has 21 heavy (non-hydrogen) atoms. The molecule has 0 radical (unpaired) electrons. The quantitative estimate of drug-likeness (QED) is 0.361. The van der Waals surface area contributed by atoms with E-state index in [0.717, 1.165) is 70.7 Å². The van der Waals surface area contributed by atoms with Crippen LogP contribution in [-0.2, 0) is 23.8 Å². The van der Waals surface area contributed by atoms with E-state index in [2.05, 4.69) is 9.64 Å². The predicted molar refractivity (Wildman–Crippen MR) is 77.8 cm³/mol. The molecule has 0 aromatic carbocycles. The highest BCUT2D eigenvalue weighted by Crippen LogP contribution is 2.04. The Balaban J connectivity index is 1.91. The molecule has 1 saturated heterocycles. The Bertz CT molecular complexity index is 337. The number of esters is 2. The minimum Gasteiger partial charge on any atom is -0.466 e. The van der Waals surface area contributed by atoms with Crippen LogP contribution < -0.4 is 0 Å². The highest BCUT2D eigenvalue weighted by atomic mass is 16.5. The van der Waals surface area contributed by atoms with Gasteiger partial charge in [0.2, 0.25) is 0 Å². The van der Waals surface area contributed by atoms with Gasteiger partial charge in [-0.1, -0.05) is 12.8 Å². The van der Waals surface area contributed by atoms with E-state index >= 15 is 0 Å². The number of nitrogens with zero attached hydrogens (tertiary/aromatic N) is 1. The Labute approximate surface area is 126 Å². The zero-order valence-electron chi connectivity index (χ0n) is 12.7. The van der Waals surface area contributed by atoms with E-state index < -0.39 is 11.9 Å². The maximum atomic E-state index is 11.2. The summed E-state index contributed by atoms with van der Waals surface area (Å²) in [4.78, 5) is 24.4. The van der Waals surface area contributed by atoms with Gasteiger partial charge in [-0.15, -0.1) is 0 Å². The maximum Gasteiger partial charge on any atom is 0.331 e. The van der Waals surface area contributed by atoms with Crippen molar-refractivity contribution in [2.24, 2.45) is 0 Å². The normalized spacial score (nSPS) is 16.0. The summed E-state index contributed by atoms with van der Waals surface area (Å²) in [5, 5.41) is 0. The fourth-order valence-electron chi connectivity index (χ4n) is 2.04. The van der Waals surface area contributed by atoms with Gasteiger partial charge in [0.05, 0.1) is 26.9 Å². The summed E-state index contributed by atoms with van der Waals surface area (Å²) in [5.41, 5.74) is 0. The average Bonchev–Trinajstić information content (AvgIpc) is 2.52. The monoisotopic (exact) mass is 299 g/mol. The molecule has 0 unspecified atom stereocenters. The smallest absolute Gasteiger partial charge is 0.331 e. The lowest BCUT2D eigenvalue weighted by Crippen LogP contribution is -2.36. The molecule has 1 aliphatic heterocycles. The van der Waals surface area contributed by atoms with E-state index in [1.807, 2.05) is 0 Å². The largest absolute Gasteiger partial charge is 0.466 e. The van der Waals surface area contributed by atoms with Crippen LogP contribution in [0.25, 0.3) is 0 Å². The lowest BCUT2D eigenvalue weighted by atomic mass is 10.2. The summed E-state index contributed by atoms with van der Waals surface area (Å²) in [6, 6.07) is 0. The van der Waals surface area contributed by atoms with E-state index in [9.17, 15) is 9.59 Å². The van der Waals surface area contributed by atoms with Gasteiger partial charge >= 0.3 is 11.9 Å². The molecule has 0 aromatic rings. The predicted octanol–water partition coefficient (Wildman–Crippen LogP) is 1.15. The van der Waals surface area contributed by atoms with Crippen LogP contribution >= 0.6 is 0 Å². The number of carbonyl (C=O) groups is 2. The molecule has 1 rings (SSSR count). The number of carbonyl (C=O) groups excluding carboxylic acids is 2. The molecule has 0 aliphatic carbocycles. The average molecular weight is 299 g/mol. The van der Waals surface area contributed by atoms with Crippen molar-refractivity contribution in [1.82, 2.24) is 4.90 Å². The lowest BCUT2D eigenvalue weighted by Gasteiger charge is -2.26. The zero-order valence-corrected chi connectivity index (χ0v) is 12.7. The third kappa shape index (κ3) is 9.20. The van der Waals surface area contributed by atoms with Crippen LogP contribution in [0.3, 0.4) is 0 Å². The number of morpholine rings is 1.